The first-order valence-corrected chi connectivity index (χ1v) is 15.4. The Hall–Kier alpha value is -4.16. The van der Waals surface area contributed by atoms with Crippen molar-refractivity contribution in [2.24, 2.45) is 0 Å². The molecule has 5 rings (SSSR count). The van der Waals surface area contributed by atoms with E-state index < -0.39 is 48.0 Å². The largest absolute Gasteiger partial charge is 0.489 e. The quantitative estimate of drug-likeness (QED) is 0.272. The van der Waals surface area contributed by atoms with Gasteiger partial charge in [0.25, 0.3) is 11.8 Å². The number of hydrogen-bond acceptors (Lipinski definition) is 8. The number of carboxylic acid groups (broad SMARTS) is 1. The first-order valence-electron chi connectivity index (χ1n) is 14.6. The third-order valence-corrected chi connectivity index (χ3v) is 8.43. The molecular formula is C33H32Cl2N2O9. The monoisotopic (exact) mass is 670 g/mol. The SMILES string of the molecule is O=C(O)[C@H](Cc1ccc(OCc2c(Cl)cccc2Cl)cc1)NC(=O)[C@@H]1OCO[C@H]1C(=O)N1CCC[C@H]1C(=O)OCc1ccccc1. The number of esters is 1. The number of nitrogens with zero attached hydrogens (tertiary/aromatic N) is 1. The van der Waals surface area contributed by atoms with E-state index in [1.165, 1.54) is 4.90 Å². The van der Waals surface area contributed by atoms with Gasteiger partial charge in [-0.25, -0.2) is 9.59 Å². The van der Waals surface area contributed by atoms with E-state index in [1.807, 2.05) is 30.3 Å². The molecule has 2 N–H and O–H groups in total. The van der Waals surface area contributed by atoms with Crippen LogP contribution in [0, 0.1) is 0 Å². The zero-order chi connectivity index (χ0) is 32.6. The summed E-state index contributed by atoms with van der Waals surface area (Å²) < 4.78 is 22.1. The summed E-state index contributed by atoms with van der Waals surface area (Å²) in [6.07, 6.45) is -1.82. The maximum Gasteiger partial charge on any atom is 0.329 e. The number of nitrogens with one attached hydrogen (secondary N) is 1. The Labute approximate surface area is 275 Å². The molecule has 0 aromatic heterocycles. The number of hydrogen-bond donors (Lipinski definition) is 2. The van der Waals surface area contributed by atoms with E-state index in [9.17, 15) is 24.3 Å². The average Bonchev–Trinajstić information content (AvgIpc) is 3.75. The number of likely N-dealkylation sites (tertiary alicyclic amines) is 1. The van der Waals surface area contributed by atoms with Crippen LogP contribution in [0.1, 0.15) is 29.5 Å². The zero-order valence-electron chi connectivity index (χ0n) is 24.6. The fourth-order valence-corrected chi connectivity index (χ4v) is 5.78. The molecule has 0 bridgehead atoms. The highest BCUT2D eigenvalue weighted by atomic mass is 35.5. The zero-order valence-corrected chi connectivity index (χ0v) is 26.1. The van der Waals surface area contributed by atoms with E-state index in [-0.39, 0.29) is 33.0 Å². The second kappa shape index (κ2) is 15.4. The van der Waals surface area contributed by atoms with Gasteiger partial charge in [0.1, 0.15) is 37.8 Å². The lowest BCUT2D eigenvalue weighted by atomic mass is 10.0. The molecule has 2 aliphatic heterocycles. The molecule has 11 nitrogen and oxygen atoms in total. The second-order valence-corrected chi connectivity index (χ2v) is 11.6. The van der Waals surface area contributed by atoms with Gasteiger partial charge in [-0.2, -0.15) is 0 Å². The number of carboxylic acids is 1. The van der Waals surface area contributed by atoms with E-state index in [1.54, 1.807) is 42.5 Å². The summed E-state index contributed by atoms with van der Waals surface area (Å²) >= 11 is 12.4. The number of aliphatic carboxylic acids is 1. The maximum absolute atomic E-state index is 13.5. The highest BCUT2D eigenvalue weighted by Crippen LogP contribution is 2.27. The molecule has 4 atom stereocenters. The minimum Gasteiger partial charge on any atom is -0.489 e. The Bertz CT molecular complexity index is 1530. The van der Waals surface area contributed by atoms with Crippen LogP contribution >= 0.6 is 23.2 Å². The van der Waals surface area contributed by atoms with Crippen molar-refractivity contribution >= 4 is 47.0 Å². The van der Waals surface area contributed by atoms with Gasteiger partial charge in [-0.3, -0.25) is 9.59 Å². The first kappa shape index (κ1) is 33.2. The Balaban J connectivity index is 1.16. The number of carbonyl (C=O) groups excluding carboxylic acids is 3. The lowest BCUT2D eigenvalue weighted by molar-refractivity contribution is -0.158. The molecule has 0 radical (unpaired) electrons. The number of amides is 2. The summed E-state index contributed by atoms with van der Waals surface area (Å²) in [7, 11) is 0. The minimum atomic E-state index is -1.40. The van der Waals surface area contributed by atoms with Crippen molar-refractivity contribution in [1.82, 2.24) is 10.2 Å². The van der Waals surface area contributed by atoms with E-state index in [0.717, 1.165) is 5.56 Å². The molecule has 13 heteroatoms. The van der Waals surface area contributed by atoms with Crippen LogP contribution in [-0.2, 0) is 53.0 Å². The number of rotatable bonds is 12. The van der Waals surface area contributed by atoms with Crippen LogP contribution in [0.15, 0.2) is 72.8 Å². The maximum atomic E-state index is 13.5. The van der Waals surface area contributed by atoms with Crippen LogP contribution < -0.4 is 10.1 Å². The van der Waals surface area contributed by atoms with Crippen molar-refractivity contribution in [2.75, 3.05) is 13.3 Å². The topological polar surface area (TPSA) is 141 Å². The van der Waals surface area contributed by atoms with E-state index in [4.69, 9.17) is 42.1 Å². The number of carbonyl (C=O) groups is 4. The van der Waals surface area contributed by atoms with Crippen LogP contribution in [0.5, 0.6) is 5.75 Å². The van der Waals surface area contributed by atoms with Gasteiger partial charge in [0, 0.05) is 28.6 Å². The Kier molecular flexibility index (Phi) is 11.1. The van der Waals surface area contributed by atoms with Crippen molar-refractivity contribution in [3.05, 3.63) is 99.5 Å². The van der Waals surface area contributed by atoms with E-state index in [2.05, 4.69) is 5.32 Å². The number of halogens is 2. The number of benzene rings is 3. The first-order chi connectivity index (χ1) is 22.2. The normalized spacial score (nSPS) is 19.8. The molecule has 2 fully saturated rings. The Morgan fingerprint density at radius 3 is 2.28 bits per heavy atom. The molecule has 2 aliphatic rings. The van der Waals surface area contributed by atoms with Gasteiger partial charge in [0.2, 0.25) is 0 Å². The second-order valence-electron chi connectivity index (χ2n) is 10.8. The van der Waals surface area contributed by atoms with Crippen LogP contribution in [-0.4, -0.2) is 71.4 Å². The number of ether oxygens (including phenoxy) is 4. The van der Waals surface area contributed by atoms with Crippen molar-refractivity contribution in [2.45, 2.75) is 56.8 Å². The highest BCUT2D eigenvalue weighted by Gasteiger charge is 2.47. The smallest absolute Gasteiger partial charge is 0.329 e. The summed E-state index contributed by atoms with van der Waals surface area (Å²) in [5.41, 5.74) is 2.06. The van der Waals surface area contributed by atoms with E-state index in [0.29, 0.717) is 39.8 Å². The molecule has 0 aliphatic carbocycles. The van der Waals surface area contributed by atoms with Crippen LogP contribution in [0.2, 0.25) is 10.0 Å². The fraction of sp³-hybridized carbons (Fsp3) is 0.333. The molecule has 3 aromatic carbocycles. The van der Waals surface area contributed by atoms with E-state index >= 15 is 0 Å². The van der Waals surface area contributed by atoms with Crippen LogP contribution in [0.4, 0.5) is 0 Å². The molecular weight excluding hydrogens is 639 g/mol. The molecule has 0 spiro atoms. The van der Waals surface area contributed by atoms with Gasteiger partial charge >= 0.3 is 11.9 Å². The lowest BCUT2D eigenvalue weighted by Crippen LogP contribution is -2.54. The van der Waals surface area contributed by atoms with Crippen LogP contribution in [0.3, 0.4) is 0 Å². The van der Waals surface area contributed by atoms with Gasteiger partial charge in [-0.15, -0.1) is 0 Å². The third-order valence-electron chi connectivity index (χ3n) is 7.73. The Morgan fingerprint density at radius 1 is 0.891 bits per heavy atom. The molecule has 0 unspecified atom stereocenters. The van der Waals surface area contributed by atoms with Crippen LogP contribution in [0.25, 0.3) is 0 Å². The van der Waals surface area contributed by atoms with Gasteiger partial charge in [0.05, 0.1) is 0 Å². The van der Waals surface area contributed by atoms with Crippen molar-refractivity contribution < 1.29 is 43.2 Å². The summed E-state index contributed by atoms with van der Waals surface area (Å²) in [4.78, 5) is 52.9. The van der Waals surface area contributed by atoms with Gasteiger partial charge in [-0.05, 0) is 48.2 Å². The van der Waals surface area contributed by atoms with Gasteiger partial charge < -0.3 is 34.3 Å². The lowest BCUT2D eigenvalue weighted by Gasteiger charge is -2.27. The molecule has 3 aromatic rings. The van der Waals surface area contributed by atoms with Crippen molar-refractivity contribution in [3.8, 4) is 5.75 Å². The predicted molar refractivity (Wildman–Crippen MR) is 166 cm³/mol. The predicted octanol–water partition coefficient (Wildman–Crippen LogP) is 4.16. The summed E-state index contributed by atoms with van der Waals surface area (Å²) in [6, 6.07) is 18.9. The standard InChI is InChI=1S/C33H32Cl2N2O9/c34-24-8-4-9-25(35)23(24)18-43-22-13-11-20(12-14-22)16-26(32(40)41)36-30(38)28-29(46-19-45-28)31(39)37-15-5-10-27(37)33(42)44-17-21-6-2-1-3-7-21/h1-4,6-9,11-14,26-29H,5,10,15-19H2,(H,36,38)(H,40,41)/t26-,27-,28+,29+/m0/s1. The molecule has 2 amide bonds. The molecule has 2 heterocycles. The molecule has 46 heavy (non-hydrogen) atoms. The van der Waals surface area contributed by atoms with Crippen molar-refractivity contribution in [3.63, 3.8) is 0 Å². The van der Waals surface area contributed by atoms with Gasteiger partial charge in [-0.1, -0.05) is 71.7 Å². The summed E-state index contributed by atoms with van der Waals surface area (Å²) in [5.74, 6) is -2.73. The van der Waals surface area contributed by atoms with Crippen molar-refractivity contribution in [1.29, 1.82) is 0 Å². The summed E-state index contributed by atoms with van der Waals surface area (Å²) in [6.45, 7) is 0.142. The average molecular weight is 672 g/mol. The third kappa shape index (κ3) is 8.16. The minimum absolute atomic E-state index is 0.0503. The fourth-order valence-electron chi connectivity index (χ4n) is 5.28. The molecule has 0 saturated carbocycles. The summed E-state index contributed by atoms with van der Waals surface area (Å²) in [5, 5.41) is 13.3. The van der Waals surface area contributed by atoms with Gasteiger partial charge in [0.15, 0.2) is 12.2 Å². The Morgan fingerprint density at radius 2 is 1.59 bits per heavy atom. The molecule has 242 valence electrons. The highest BCUT2D eigenvalue weighted by molar-refractivity contribution is 6.35. The molecule has 2 saturated heterocycles.